The van der Waals surface area contributed by atoms with E-state index in [0.29, 0.717) is 24.6 Å². The van der Waals surface area contributed by atoms with Crippen LogP contribution in [-0.2, 0) is 9.53 Å². The molecule has 24 heavy (non-hydrogen) atoms. The van der Waals surface area contributed by atoms with Gasteiger partial charge in [-0.25, -0.2) is 4.79 Å². The monoisotopic (exact) mass is 330 g/mol. The summed E-state index contributed by atoms with van der Waals surface area (Å²) in [6, 6.07) is 0.334. The van der Waals surface area contributed by atoms with Gasteiger partial charge >= 0.3 is 5.97 Å². The predicted octanol–water partition coefficient (Wildman–Crippen LogP) is 2.81. The highest BCUT2D eigenvalue weighted by Gasteiger charge is 2.16. The molecule has 1 aliphatic heterocycles. The fourth-order valence-corrected chi connectivity index (χ4v) is 2.47. The van der Waals surface area contributed by atoms with Gasteiger partial charge in [0.15, 0.2) is 0 Å². The third-order valence-electron chi connectivity index (χ3n) is 4.12. The third kappa shape index (κ3) is 8.14. The number of esters is 1. The average Bonchev–Trinajstić information content (AvgIpc) is 2.59. The summed E-state index contributed by atoms with van der Waals surface area (Å²) in [5, 5.41) is 0. The van der Waals surface area contributed by atoms with Crippen LogP contribution >= 0.6 is 0 Å². The van der Waals surface area contributed by atoms with E-state index in [0.717, 1.165) is 50.9 Å². The summed E-state index contributed by atoms with van der Waals surface area (Å²) in [4.78, 5) is 14.2. The van der Waals surface area contributed by atoms with Crippen molar-refractivity contribution in [3.05, 3.63) is 36.0 Å². The number of nitrogens with two attached hydrogens (primary N) is 1. The molecule has 4 nitrogen and oxygen atoms in total. The van der Waals surface area contributed by atoms with E-state index in [-0.39, 0.29) is 5.97 Å². The normalized spacial score (nSPS) is 17.0. The minimum absolute atomic E-state index is 0.334. The molecule has 1 rings (SSSR count). The molecular formula is C20H30N2O2. The van der Waals surface area contributed by atoms with E-state index >= 15 is 0 Å². The standard InChI is InChI=1S/C20H30N2O2/c1-4-6-7-8-15-24-20(23)17(3)9-10-18(5-2)16-22-13-11-19(21)12-14-22/h1,5,9-10,19H,3,6-8,11-16,21H2,2H3/b10-9-,18-5+. The second kappa shape index (κ2) is 11.7. The Hall–Kier alpha value is -1.83. The zero-order chi connectivity index (χ0) is 17.8. The van der Waals surface area contributed by atoms with Gasteiger partial charge in [-0.05, 0) is 57.3 Å². The van der Waals surface area contributed by atoms with Gasteiger partial charge in [-0.2, -0.15) is 0 Å². The van der Waals surface area contributed by atoms with Crippen molar-refractivity contribution in [1.82, 2.24) is 4.90 Å². The topological polar surface area (TPSA) is 55.6 Å². The fourth-order valence-electron chi connectivity index (χ4n) is 2.47. The Bertz CT molecular complexity index is 506. The first kappa shape index (κ1) is 20.2. The molecule has 0 saturated carbocycles. The molecule has 0 bridgehead atoms. The van der Waals surface area contributed by atoms with Crippen LogP contribution in [0.4, 0.5) is 0 Å². The molecule has 1 aliphatic rings. The van der Waals surface area contributed by atoms with Crippen LogP contribution in [0.3, 0.4) is 0 Å². The van der Waals surface area contributed by atoms with Crippen LogP contribution in [0.2, 0.25) is 0 Å². The molecule has 2 N–H and O–H groups in total. The predicted molar refractivity (Wildman–Crippen MR) is 99.3 cm³/mol. The zero-order valence-electron chi connectivity index (χ0n) is 14.8. The first-order chi connectivity index (χ1) is 11.6. The first-order valence-electron chi connectivity index (χ1n) is 8.67. The second-order valence-electron chi connectivity index (χ2n) is 6.13. The van der Waals surface area contributed by atoms with Crippen molar-refractivity contribution in [3.63, 3.8) is 0 Å². The van der Waals surface area contributed by atoms with Crippen LogP contribution < -0.4 is 5.73 Å². The number of allylic oxidation sites excluding steroid dienone is 1. The van der Waals surface area contributed by atoms with Crippen molar-refractivity contribution in [2.75, 3.05) is 26.2 Å². The third-order valence-corrected chi connectivity index (χ3v) is 4.12. The largest absolute Gasteiger partial charge is 0.462 e. The Morgan fingerprint density at radius 1 is 1.38 bits per heavy atom. The number of nitrogens with zero attached hydrogens (tertiary/aromatic N) is 1. The minimum atomic E-state index is -0.369. The average molecular weight is 330 g/mol. The summed E-state index contributed by atoms with van der Waals surface area (Å²) < 4.78 is 5.18. The number of rotatable bonds is 9. The summed E-state index contributed by atoms with van der Waals surface area (Å²) in [7, 11) is 0. The number of unbranched alkanes of at least 4 members (excludes halogenated alkanes) is 2. The molecule has 1 saturated heterocycles. The molecule has 0 aliphatic carbocycles. The van der Waals surface area contributed by atoms with E-state index in [9.17, 15) is 4.79 Å². The number of ether oxygens (including phenoxy) is 1. The van der Waals surface area contributed by atoms with Gasteiger partial charge in [0, 0.05) is 19.0 Å². The van der Waals surface area contributed by atoms with Gasteiger partial charge < -0.3 is 10.5 Å². The zero-order valence-corrected chi connectivity index (χ0v) is 14.8. The number of piperidine rings is 1. The van der Waals surface area contributed by atoms with Gasteiger partial charge in [-0.3, -0.25) is 4.90 Å². The fraction of sp³-hybridized carbons (Fsp3) is 0.550. The molecule has 1 heterocycles. The van der Waals surface area contributed by atoms with E-state index in [1.807, 2.05) is 13.0 Å². The van der Waals surface area contributed by atoms with Crippen LogP contribution in [-0.4, -0.2) is 43.2 Å². The van der Waals surface area contributed by atoms with Gasteiger partial charge in [-0.15, -0.1) is 12.3 Å². The molecule has 4 heteroatoms. The number of terminal acetylenes is 1. The van der Waals surface area contributed by atoms with E-state index in [2.05, 4.69) is 23.5 Å². The molecule has 0 aromatic carbocycles. The van der Waals surface area contributed by atoms with Crippen molar-refractivity contribution < 1.29 is 9.53 Å². The molecule has 132 valence electrons. The summed E-state index contributed by atoms with van der Waals surface area (Å²) in [6.07, 6.45) is 15.4. The number of carbonyl (C=O) groups is 1. The van der Waals surface area contributed by atoms with E-state index in [4.69, 9.17) is 16.9 Å². The van der Waals surface area contributed by atoms with Crippen molar-refractivity contribution in [2.24, 2.45) is 5.73 Å². The Kier molecular flexibility index (Phi) is 9.83. The number of hydrogen-bond donors (Lipinski definition) is 1. The smallest absolute Gasteiger partial charge is 0.337 e. The molecule has 0 aromatic heterocycles. The minimum Gasteiger partial charge on any atom is -0.462 e. The van der Waals surface area contributed by atoms with Gasteiger partial charge in [0.1, 0.15) is 0 Å². The molecule has 0 spiro atoms. The van der Waals surface area contributed by atoms with Crippen LogP contribution in [0.25, 0.3) is 0 Å². The Morgan fingerprint density at radius 3 is 2.71 bits per heavy atom. The molecule has 0 unspecified atom stereocenters. The molecule has 1 fully saturated rings. The van der Waals surface area contributed by atoms with E-state index < -0.39 is 0 Å². The van der Waals surface area contributed by atoms with Crippen LogP contribution in [0.5, 0.6) is 0 Å². The Morgan fingerprint density at radius 2 is 2.08 bits per heavy atom. The first-order valence-corrected chi connectivity index (χ1v) is 8.67. The highest BCUT2D eigenvalue weighted by Crippen LogP contribution is 2.12. The second-order valence-corrected chi connectivity index (χ2v) is 6.13. The van der Waals surface area contributed by atoms with Gasteiger partial charge in [-0.1, -0.05) is 18.7 Å². The highest BCUT2D eigenvalue weighted by atomic mass is 16.5. The lowest BCUT2D eigenvalue weighted by Gasteiger charge is -2.30. The summed E-state index contributed by atoms with van der Waals surface area (Å²) in [5.74, 6) is 2.20. The molecular weight excluding hydrogens is 300 g/mol. The Labute approximate surface area is 146 Å². The summed E-state index contributed by atoms with van der Waals surface area (Å²) >= 11 is 0. The molecule has 0 radical (unpaired) electrons. The maximum atomic E-state index is 11.8. The Balaban J connectivity index is 2.34. The van der Waals surface area contributed by atoms with Crippen molar-refractivity contribution in [3.8, 4) is 12.3 Å². The van der Waals surface area contributed by atoms with E-state index in [1.165, 1.54) is 0 Å². The van der Waals surface area contributed by atoms with Gasteiger partial charge in [0.25, 0.3) is 0 Å². The lowest BCUT2D eigenvalue weighted by Crippen LogP contribution is -2.40. The van der Waals surface area contributed by atoms with Crippen molar-refractivity contribution >= 4 is 5.97 Å². The van der Waals surface area contributed by atoms with Crippen molar-refractivity contribution in [1.29, 1.82) is 0 Å². The number of likely N-dealkylation sites (tertiary alicyclic amines) is 1. The number of carbonyl (C=O) groups excluding carboxylic acids is 1. The van der Waals surface area contributed by atoms with Crippen LogP contribution in [0, 0.1) is 12.3 Å². The maximum Gasteiger partial charge on any atom is 0.337 e. The van der Waals surface area contributed by atoms with E-state index in [1.54, 1.807) is 6.08 Å². The lowest BCUT2D eigenvalue weighted by atomic mass is 10.0. The van der Waals surface area contributed by atoms with Gasteiger partial charge in [0.2, 0.25) is 0 Å². The molecule has 0 amide bonds. The SMILES string of the molecule is C#CCCCCOC(=O)C(=C)/C=C\C(=C/C)CN1CCC(N)CC1. The van der Waals surface area contributed by atoms with Gasteiger partial charge in [0.05, 0.1) is 12.2 Å². The summed E-state index contributed by atoms with van der Waals surface area (Å²) in [6.45, 7) is 9.08. The molecule has 0 atom stereocenters. The highest BCUT2D eigenvalue weighted by molar-refractivity contribution is 5.90. The van der Waals surface area contributed by atoms with Crippen LogP contribution in [0.1, 0.15) is 39.0 Å². The van der Waals surface area contributed by atoms with Crippen LogP contribution in [0.15, 0.2) is 36.0 Å². The quantitative estimate of drug-likeness (QED) is 0.232. The number of hydrogen-bond acceptors (Lipinski definition) is 4. The van der Waals surface area contributed by atoms with Crippen molar-refractivity contribution in [2.45, 2.75) is 45.1 Å². The maximum absolute atomic E-state index is 11.8. The molecule has 0 aromatic rings. The summed E-state index contributed by atoms with van der Waals surface area (Å²) in [5.41, 5.74) is 7.46. The lowest BCUT2D eigenvalue weighted by molar-refractivity contribution is -0.138.